The average molecular weight is 201 g/mol. The maximum atomic E-state index is 13.1. The number of rotatable bonds is 3. The smallest absolute Gasteiger partial charge is 0.257 e. The maximum Gasteiger partial charge on any atom is 0.257 e. The summed E-state index contributed by atoms with van der Waals surface area (Å²) in [4.78, 5) is 11.1. The highest BCUT2D eigenvalue weighted by molar-refractivity contribution is 5.84. The Bertz CT molecular complexity index is 233. The number of allylic oxidation sites excluding steroid dienone is 1. The lowest BCUT2D eigenvalue weighted by atomic mass is 10.1. The molecule has 1 amide bonds. The van der Waals surface area contributed by atoms with Crippen molar-refractivity contribution < 1.29 is 13.9 Å². The van der Waals surface area contributed by atoms with E-state index >= 15 is 0 Å². The number of nitrogens with one attached hydrogen (secondary N) is 1. The van der Waals surface area contributed by atoms with Crippen LogP contribution in [0.15, 0.2) is 12.3 Å². The van der Waals surface area contributed by atoms with Gasteiger partial charge in [0.2, 0.25) is 0 Å². The van der Waals surface area contributed by atoms with Crippen LogP contribution in [0.5, 0.6) is 0 Å². The van der Waals surface area contributed by atoms with Crippen molar-refractivity contribution >= 4 is 5.91 Å². The molecule has 0 saturated heterocycles. The SMILES string of the molecule is CC(C)(F)C(=O)NCC1CCC=CO1. The quantitative estimate of drug-likeness (QED) is 0.752. The molecule has 4 heteroatoms. The summed E-state index contributed by atoms with van der Waals surface area (Å²) in [6, 6.07) is 0. The van der Waals surface area contributed by atoms with Crippen molar-refractivity contribution in [3.05, 3.63) is 12.3 Å². The lowest BCUT2D eigenvalue weighted by Crippen LogP contribution is -2.42. The fraction of sp³-hybridized carbons (Fsp3) is 0.700. The summed E-state index contributed by atoms with van der Waals surface area (Å²) in [6.45, 7) is 2.85. The Morgan fingerprint density at radius 1 is 1.71 bits per heavy atom. The van der Waals surface area contributed by atoms with E-state index in [0.717, 1.165) is 12.8 Å². The molecule has 0 bridgehead atoms. The lowest BCUT2D eigenvalue weighted by Gasteiger charge is -2.21. The molecular formula is C10H16FNO2. The summed E-state index contributed by atoms with van der Waals surface area (Å²) in [5, 5.41) is 2.52. The third-order valence-corrected chi connectivity index (χ3v) is 2.05. The summed E-state index contributed by atoms with van der Waals surface area (Å²) in [7, 11) is 0. The van der Waals surface area contributed by atoms with Gasteiger partial charge in [0.15, 0.2) is 5.67 Å². The summed E-state index contributed by atoms with van der Waals surface area (Å²) < 4.78 is 18.3. The van der Waals surface area contributed by atoms with Crippen LogP contribution in [0.3, 0.4) is 0 Å². The number of carbonyl (C=O) groups is 1. The second-order valence-electron chi connectivity index (χ2n) is 3.89. The standard InChI is InChI=1S/C10H16FNO2/c1-10(2,11)9(13)12-7-8-5-3-4-6-14-8/h4,6,8H,3,5,7H2,1-2H3,(H,12,13). The molecule has 1 aliphatic heterocycles. The zero-order valence-corrected chi connectivity index (χ0v) is 8.55. The van der Waals surface area contributed by atoms with Crippen LogP contribution in [0.2, 0.25) is 0 Å². The van der Waals surface area contributed by atoms with E-state index in [9.17, 15) is 9.18 Å². The average Bonchev–Trinajstić information content (AvgIpc) is 2.14. The molecule has 0 aromatic rings. The molecule has 0 radical (unpaired) electrons. The van der Waals surface area contributed by atoms with Gasteiger partial charge in [0, 0.05) is 0 Å². The number of hydrogen-bond donors (Lipinski definition) is 1. The Morgan fingerprint density at radius 3 is 2.93 bits per heavy atom. The van der Waals surface area contributed by atoms with Crippen molar-refractivity contribution in [2.45, 2.75) is 38.5 Å². The first-order chi connectivity index (χ1) is 6.50. The van der Waals surface area contributed by atoms with E-state index in [0.29, 0.717) is 6.54 Å². The molecule has 1 N–H and O–H groups in total. The number of ether oxygens (including phenoxy) is 1. The van der Waals surface area contributed by atoms with Gasteiger partial charge in [-0.05, 0) is 32.8 Å². The second kappa shape index (κ2) is 4.44. The molecule has 0 aliphatic carbocycles. The summed E-state index contributed by atoms with van der Waals surface area (Å²) in [6.07, 6.45) is 5.34. The number of alkyl halides is 1. The minimum Gasteiger partial charge on any atom is -0.497 e. The minimum atomic E-state index is -1.81. The molecule has 1 rings (SSSR count). The van der Waals surface area contributed by atoms with Gasteiger partial charge in [0.05, 0.1) is 12.8 Å². The van der Waals surface area contributed by atoms with Gasteiger partial charge in [-0.3, -0.25) is 4.79 Å². The topological polar surface area (TPSA) is 38.3 Å². The highest BCUT2D eigenvalue weighted by atomic mass is 19.1. The van der Waals surface area contributed by atoms with Crippen molar-refractivity contribution in [1.29, 1.82) is 0 Å². The molecule has 0 aromatic heterocycles. The summed E-state index contributed by atoms with van der Waals surface area (Å²) in [5.74, 6) is -0.587. The fourth-order valence-corrected chi connectivity index (χ4v) is 1.15. The number of carbonyl (C=O) groups excluding carboxylic acids is 1. The van der Waals surface area contributed by atoms with Crippen molar-refractivity contribution in [3.8, 4) is 0 Å². The van der Waals surface area contributed by atoms with Gasteiger partial charge in [-0.1, -0.05) is 0 Å². The summed E-state index contributed by atoms with van der Waals surface area (Å²) in [5.41, 5.74) is -1.81. The first-order valence-corrected chi connectivity index (χ1v) is 4.78. The van der Waals surface area contributed by atoms with Crippen LogP contribution in [0.1, 0.15) is 26.7 Å². The lowest BCUT2D eigenvalue weighted by molar-refractivity contribution is -0.131. The van der Waals surface area contributed by atoms with E-state index < -0.39 is 11.6 Å². The maximum absolute atomic E-state index is 13.1. The van der Waals surface area contributed by atoms with E-state index in [1.54, 1.807) is 6.26 Å². The molecule has 1 aliphatic rings. The van der Waals surface area contributed by atoms with E-state index in [1.807, 2.05) is 6.08 Å². The van der Waals surface area contributed by atoms with Crippen LogP contribution >= 0.6 is 0 Å². The predicted molar refractivity (Wildman–Crippen MR) is 51.4 cm³/mol. The van der Waals surface area contributed by atoms with Gasteiger partial charge in [0.25, 0.3) is 5.91 Å². The van der Waals surface area contributed by atoms with Crippen LogP contribution in [0, 0.1) is 0 Å². The van der Waals surface area contributed by atoms with Crippen LogP contribution in [0.25, 0.3) is 0 Å². The highest BCUT2D eigenvalue weighted by Crippen LogP contribution is 2.11. The van der Waals surface area contributed by atoms with Gasteiger partial charge < -0.3 is 10.1 Å². The molecule has 1 unspecified atom stereocenters. The van der Waals surface area contributed by atoms with E-state index in [2.05, 4.69) is 5.32 Å². The Balaban J connectivity index is 2.26. The van der Waals surface area contributed by atoms with Gasteiger partial charge in [-0.2, -0.15) is 0 Å². The monoisotopic (exact) mass is 201 g/mol. The van der Waals surface area contributed by atoms with Gasteiger partial charge >= 0.3 is 0 Å². The number of amides is 1. The van der Waals surface area contributed by atoms with E-state index in [1.165, 1.54) is 13.8 Å². The predicted octanol–water partition coefficient (Wildman–Crippen LogP) is 1.54. The minimum absolute atomic E-state index is 0.0219. The van der Waals surface area contributed by atoms with Crippen LogP contribution < -0.4 is 5.32 Å². The third kappa shape index (κ3) is 3.36. The van der Waals surface area contributed by atoms with Gasteiger partial charge in [-0.25, -0.2) is 4.39 Å². The van der Waals surface area contributed by atoms with Gasteiger partial charge in [0.1, 0.15) is 6.10 Å². The molecular weight excluding hydrogens is 185 g/mol. The Hall–Kier alpha value is -1.06. The van der Waals surface area contributed by atoms with E-state index in [4.69, 9.17) is 4.74 Å². The Morgan fingerprint density at radius 2 is 2.43 bits per heavy atom. The van der Waals surface area contributed by atoms with Crippen LogP contribution in [-0.2, 0) is 9.53 Å². The molecule has 1 heterocycles. The molecule has 0 fully saturated rings. The van der Waals surface area contributed by atoms with Crippen molar-refractivity contribution in [2.75, 3.05) is 6.54 Å². The molecule has 0 aromatic carbocycles. The molecule has 0 saturated carbocycles. The Kier molecular flexibility index (Phi) is 3.49. The molecule has 3 nitrogen and oxygen atoms in total. The van der Waals surface area contributed by atoms with Crippen LogP contribution in [0.4, 0.5) is 4.39 Å². The molecule has 1 atom stereocenters. The zero-order chi connectivity index (χ0) is 10.6. The zero-order valence-electron chi connectivity index (χ0n) is 8.55. The van der Waals surface area contributed by atoms with Gasteiger partial charge in [-0.15, -0.1) is 0 Å². The highest BCUT2D eigenvalue weighted by Gasteiger charge is 2.26. The second-order valence-corrected chi connectivity index (χ2v) is 3.89. The van der Waals surface area contributed by atoms with Crippen LogP contribution in [-0.4, -0.2) is 24.2 Å². The summed E-state index contributed by atoms with van der Waals surface area (Å²) >= 11 is 0. The van der Waals surface area contributed by atoms with Crippen molar-refractivity contribution in [2.24, 2.45) is 0 Å². The first kappa shape index (κ1) is 11.0. The largest absolute Gasteiger partial charge is 0.497 e. The fourth-order valence-electron chi connectivity index (χ4n) is 1.15. The van der Waals surface area contributed by atoms with Crippen molar-refractivity contribution in [3.63, 3.8) is 0 Å². The normalized spacial score (nSPS) is 21.5. The number of hydrogen-bond acceptors (Lipinski definition) is 2. The third-order valence-electron chi connectivity index (χ3n) is 2.05. The Labute approximate surface area is 83.3 Å². The molecule has 0 spiro atoms. The number of halogens is 1. The molecule has 80 valence electrons. The first-order valence-electron chi connectivity index (χ1n) is 4.78. The van der Waals surface area contributed by atoms with E-state index in [-0.39, 0.29) is 6.10 Å². The molecule has 14 heavy (non-hydrogen) atoms. The van der Waals surface area contributed by atoms with Crippen molar-refractivity contribution in [1.82, 2.24) is 5.32 Å².